The molecule has 0 aliphatic rings. The molecule has 0 atom stereocenters. The summed E-state index contributed by atoms with van der Waals surface area (Å²) in [5.74, 6) is 0. The van der Waals surface area contributed by atoms with Gasteiger partial charge in [0, 0.05) is 5.69 Å². The molecule has 0 unspecified atom stereocenters. The summed E-state index contributed by atoms with van der Waals surface area (Å²) in [6, 6.07) is 25.3. The molecular formula is C22H25N. The zero-order chi connectivity index (χ0) is 16.7. The van der Waals surface area contributed by atoms with Crippen molar-refractivity contribution in [1.29, 1.82) is 0 Å². The maximum Gasteiger partial charge on any atom is 0.0314 e. The Hall–Kier alpha value is -2.54. The summed E-state index contributed by atoms with van der Waals surface area (Å²) in [7, 11) is 0. The van der Waals surface area contributed by atoms with E-state index in [1.54, 1.807) is 0 Å². The van der Waals surface area contributed by atoms with E-state index in [9.17, 15) is 0 Å². The number of nitrogen functional groups attached to an aromatic ring is 1. The van der Waals surface area contributed by atoms with Gasteiger partial charge in [-0.15, -0.1) is 0 Å². The first kappa shape index (κ1) is 16.8. The van der Waals surface area contributed by atoms with Gasteiger partial charge in [0.15, 0.2) is 0 Å². The summed E-state index contributed by atoms with van der Waals surface area (Å²) in [5, 5.41) is 0. The molecule has 1 heteroatoms. The Morgan fingerprint density at radius 1 is 0.696 bits per heavy atom. The number of aryl methyl sites for hydroxylation is 1. The quantitative estimate of drug-likeness (QED) is 0.602. The second-order valence-corrected chi connectivity index (χ2v) is 5.39. The monoisotopic (exact) mass is 303 g/mol. The van der Waals surface area contributed by atoms with Crippen LogP contribution in [0.4, 0.5) is 5.69 Å². The molecular weight excluding hydrogens is 278 g/mol. The van der Waals surface area contributed by atoms with Gasteiger partial charge in [-0.2, -0.15) is 0 Å². The highest BCUT2D eigenvalue weighted by atomic mass is 14.5. The Morgan fingerprint density at radius 2 is 1.26 bits per heavy atom. The molecule has 0 spiro atoms. The third kappa shape index (κ3) is 4.23. The summed E-state index contributed by atoms with van der Waals surface area (Å²) in [6.45, 7) is 6.16. The van der Waals surface area contributed by atoms with Crippen LogP contribution in [0.25, 0.3) is 11.1 Å². The molecule has 2 N–H and O–H groups in total. The Labute approximate surface area is 139 Å². The molecule has 3 rings (SSSR count). The lowest BCUT2D eigenvalue weighted by atomic mass is 9.92. The van der Waals surface area contributed by atoms with E-state index >= 15 is 0 Å². The maximum atomic E-state index is 5.76. The third-order valence-electron chi connectivity index (χ3n) is 3.83. The molecule has 3 aromatic carbocycles. The highest BCUT2D eigenvalue weighted by Gasteiger charge is 2.07. The summed E-state index contributed by atoms with van der Waals surface area (Å²) in [4.78, 5) is 0. The fourth-order valence-electron chi connectivity index (χ4n) is 2.67. The summed E-state index contributed by atoms with van der Waals surface area (Å²) in [5.41, 5.74) is 13.1. The van der Waals surface area contributed by atoms with Crippen LogP contribution in [-0.2, 0) is 6.42 Å². The fourth-order valence-corrected chi connectivity index (χ4v) is 2.67. The van der Waals surface area contributed by atoms with Crippen molar-refractivity contribution in [2.24, 2.45) is 0 Å². The Balaban J connectivity index is 0.000000924. The summed E-state index contributed by atoms with van der Waals surface area (Å²) in [6.07, 6.45) is 0.921. The first-order chi connectivity index (χ1) is 11.2. The topological polar surface area (TPSA) is 26.0 Å². The SMILES string of the molecule is CC.Cc1ccccc1-c1ccccc1Cc1ccc(N)cc1. The van der Waals surface area contributed by atoms with Gasteiger partial charge in [0.25, 0.3) is 0 Å². The van der Waals surface area contributed by atoms with Crippen LogP contribution in [0.15, 0.2) is 72.8 Å². The number of hydrogen-bond acceptors (Lipinski definition) is 1. The van der Waals surface area contributed by atoms with Crippen LogP contribution in [0.5, 0.6) is 0 Å². The van der Waals surface area contributed by atoms with Gasteiger partial charge < -0.3 is 5.73 Å². The van der Waals surface area contributed by atoms with E-state index in [0.717, 1.165) is 12.1 Å². The molecule has 3 aromatic rings. The largest absolute Gasteiger partial charge is 0.399 e. The highest BCUT2D eigenvalue weighted by molar-refractivity contribution is 5.71. The van der Waals surface area contributed by atoms with E-state index in [2.05, 4.69) is 67.6 Å². The van der Waals surface area contributed by atoms with E-state index in [4.69, 9.17) is 5.73 Å². The molecule has 0 saturated heterocycles. The average molecular weight is 303 g/mol. The van der Waals surface area contributed by atoms with Gasteiger partial charge in [-0.3, -0.25) is 0 Å². The molecule has 0 heterocycles. The van der Waals surface area contributed by atoms with Gasteiger partial charge in [-0.1, -0.05) is 74.5 Å². The normalized spacial score (nSPS) is 9.87. The second-order valence-electron chi connectivity index (χ2n) is 5.39. The van der Waals surface area contributed by atoms with Crippen molar-refractivity contribution in [1.82, 2.24) is 0 Å². The third-order valence-corrected chi connectivity index (χ3v) is 3.83. The van der Waals surface area contributed by atoms with Crippen molar-refractivity contribution in [2.75, 3.05) is 5.73 Å². The molecule has 0 aliphatic carbocycles. The molecule has 1 nitrogen and oxygen atoms in total. The minimum absolute atomic E-state index is 0.811. The van der Waals surface area contributed by atoms with Gasteiger partial charge in [0.1, 0.15) is 0 Å². The zero-order valence-corrected chi connectivity index (χ0v) is 14.2. The van der Waals surface area contributed by atoms with Crippen LogP contribution in [0.1, 0.15) is 30.5 Å². The molecule has 118 valence electrons. The first-order valence-corrected chi connectivity index (χ1v) is 8.22. The van der Waals surface area contributed by atoms with Crippen molar-refractivity contribution >= 4 is 5.69 Å². The van der Waals surface area contributed by atoms with Gasteiger partial charge in [0.05, 0.1) is 0 Å². The second kappa shape index (κ2) is 8.19. The zero-order valence-electron chi connectivity index (χ0n) is 14.2. The Kier molecular flexibility index (Phi) is 5.99. The van der Waals surface area contributed by atoms with E-state index in [0.29, 0.717) is 0 Å². The van der Waals surface area contributed by atoms with E-state index in [1.165, 1.54) is 27.8 Å². The standard InChI is InChI=1S/C20H19N.C2H6/c1-15-6-2-4-8-19(15)20-9-5-3-7-17(20)14-16-10-12-18(21)13-11-16;1-2/h2-13H,14,21H2,1H3;1-2H3. The number of rotatable bonds is 3. The molecule has 0 fully saturated rings. The lowest BCUT2D eigenvalue weighted by Crippen LogP contribution is -1.94. The average Bonchev–Trinajstić information content (AvgIpc) is 2.60. The van der Waals surface area contributed by atoms with Crippen molar-refractivity contribution < 1.29 is 0 Å². The summed E-state index contributed by atoms with van der Waals surface area (Å²) >= 11 is 0. The van der Waals surface area contributed by atoms with Crippen molar-refractivity contribution in [3.05, 3.63) is 89.5 Å². The van der Waals surface area contributed by atoms with Crippen LogP contribution < -0.4 is 5.73 Å². The van der Waals surface area contributed by atoms with Crippen LogP contribution in [0.3, 0.4) is 0 Å². The Morgan fingerprint density at radius 3 is 1.91 bits per heavy atom. The van der Waals surface area contributed by atoms with Gasteiger partial charge in [-0.25, -0.2) is 0 Å². The van der Waals surface area contributed by atoms with E-state index in [-0.39, 0.29) is 0 Å². The molecule has 0 aliphatic heterocycles. The molecule has 0 saturated carbocycles. The van der Waals surface area contributed by atoms with Crippen molar-refractivity contribution in [2.45, 2.75) is 27.2 Å². The lowest BCUT2D eigenvalue weighted by molar-refractivity contribution is 1.19. The highest BCUT2D eigenvalue weighted by Crippen LogP contribution is 2.28. The predicted molar refractivity (Wildman–Crippen MR) is 102 cm³/mol. The maximum absolute atomic E-state index is 5.76. The van der Waals surface area contributed by atoms with Crippen LogP contribution in [0.2, 0.25) is 0 Å². The first-order valence-electron chi connectivity index (χ1n) is 8.22. The molecule has 0 bridgehead atoms. The van der Waals surface area contributed by atoms with E-state index in [1.807, 2.05) is 26.0 Å². The van der Waals surface area contributed by atoms with Crippen LogP contribution in [0, 0.1) is 6.92 Å². The molecule has 23 heavy (non-hydrogen) atoms. The van der Waals surface area contributed by atoms with Crippen LogP contribution in [-0.4, -0.2) is 0 Å². The number of anilines is 1. The van der Waals surface area contributed by atoms with Gasteiger partial charge >= 0.3 is 0 Å². The fraction of sp³-hybridized carbons (Fsp3) is 0.182. The Bertz CT molecular complexity index is 742. The smallest absolute Gasteiger partial charge is 0.0314 e. The van der Waals surface area contributed by atoms with Crippen molar-refractivity contribution in [3.8, 4) is 11.1 Å². The van der Waals surface area contributed by atoms with Crippen LogP contribution >= 0.6 is 0 Å². The number of nitrogens with two attached hydrogens (primary N) is 1. The molecule has 0 radical (unpaired) electrons. The van der Waals surface area contributed by atoms with Gasteiger partial charge in [0.2, 0.25) is 0 Å². The number of benzene rings is 3. The molecule has 0 amide bonds. The molecule has 0 aromatic heterocycles. The van der Waals surface area contributed by atoms with Crippen molar-refractivity contribution in [3.63, 3.8) is 0 Å². The lowest BCUT2D eigenvalue weighted by Gasteiger charge is -2.12. The minimum atomic E-state index is 0.811. The van der Waals surface area contributed by atoms with E-state index < -0.39 is 0 Å². The number of hydrogen-bond donors (Lipinski definition) is 1. The summed E-state index contributed by atoms with van der Waals surface area (Å²) < 4.78 is 0. The van der Waals surface area contributed by atoms with Gasteiger partial charge in [-0.05, 0) is 53.3 Å². The minimum Gasteiger partial charge on any atom is -0.399 e. The predicted octanol–water partition coefficient (Wildman–Crippen LogP) is 5.86.